The number of methoxy groups -OCH3 is 2. The van der Waals surface area contributed by atoms with Gasteiger partial charge in [0.15, 0.2) is 23.0 Å². The maximum absolute atomic E-state index is 10.6. The van der Waals surface area contributed by atoms with E-state index in [-0.39, 0.29) is 6.61 Å². The van der Waals surface area contributed by atoms with Crippen LogP contribution in [0.15, 0.2) is 24.3 Å². The third kappa shape index (κ3) is 4.23. The van der Waals surface area contributed by atoms with Gasteiger partial charge < -0.3 is 33.5 Å². The van der Waals surface area contributed by atoms with Crippen LogP contribution in [0.5, 0.6) is 34.5 Å². The van der Waals surface area contributed by atoms with Gasteiger partial charge in [-0.15, -0.1) is 0 Å². The first kappa shape index (κ1) is 19.6. The Balaban J connectivity index is 0.000000161. The first-order chi connectivity index (χ1) is 13.7. The highest BCUT2D eigenvalue weighted by atomic mass is 16.6. The van der Waals surface area contributed by atoms with Gasteiger partial charge in [0.1, 0.15) is 32.7 Å². The Morgan fingerprint density at radius 1 is 0.857 bits per heavy atom. The van der Waals surface area contributed by atoms with Gasteiger partial charge >= 0.3 is 0 Å². The zero-order chi connectivity index (χ0) is 19.9. The molecule has 2 aliphatic heterocycles. The lowest BCUT2D eigenvalue weighted by Crippen LogP contribution is -2.16. The topological polar surface area (TPSA) is 92.7 Å². The molecule has 2 aromatic carbocycles. The van der Waals surface area contributed by atoms with Gasteiger partial charge in [0.2, 0.25) is 11.5 Å². The zero-order valence-corrected chi connectivity index (χ0v) is 15.7. The molecule has 8 nitrogen and oxygen atoms in total. The summed E-state index contributed by atoms with van der Waals surface area (Å²) >= 11 is 0. The van der Waals surface area contributed by atoms with Crippen LogP contribution in [0.3, 0.4) is 0 Å². The Morgan fingerprint density at radius 2 is 1.39 bits per heavy atom. The van der Waals surface area contributed by atoms with Gasteiger partial charge in [-0.3, -0.25) is 4.79 Å². The monoisotopic (exact) mass is 390 g/mol. The van der Waals surface area contributed by atoms with Crippen LogP contribution in [0, 0.1) is 0 Å². The number of fused-ring (bicyclic) bond motifs is 2. The number of aliphatic hydroxyl groups excluding tert-OH is 1. The fourth-order valence-electron chi connectivity index (χ4n) is 2.78. The van der Waals surface area contributed by atoms with E-state index in [1.807, 2.05) is 0 Å². The summed E-state index contributed by atoms with van der Waals surface area (Å²) in [5.74, 6) is 3.54. The summed E-state index contributed by atoms with van der Waals surface area (Å²) in [5, 5.41) is 9.01. The molecule has 0 spiro atoms. The molecule has 8 heteroatoms. The SMILES string of the molecule is COc1cc(C=O)cc2c1OCCO2.COc1cc(CO)cc2c1OCCO2. The molecular formula is C20H22O8. The minimum atomic E-state index is -0.0347. The molecule has 0 atom stereocenters. The first-order valence-corrected chi connectivity index (χ1v) is 8.70. The van der Waals surface area contributed by atoms with Crippen LogP contribution < -0.4 is 28.4 Å². The highest BCUT2D eigenvalue weighted by Gasteiger charge is 2.19. The second-order valence-corrected chi connectivity index (χ2v) is 5.85. The largest absolute Gasteiger partial charge is 0.493 e. The molecule has 4 rings (SSSR count). The molecule has 0 saturated heterocycles. The van der Waals surface area contributed by atoms with Crippen molar-refractivity contribution in [3.05, 3.63) is 35.4 Å². The fourth-order valence-corrected chi connectivity index (χ4v) is 2.78. The highest BCUT2D eigenvalue weighted by molar-refractivity contribution is 5.78. The molecule has 0 radical (unpaired) electrons. The van der Waals surface area contributed by atoms with E-state index in [0.717, 1.165) is 11.8 Å². The lowest BCUT2D eigenvalue weighted by atomic mass is 10.2. The van der Waals surface area contributed by atoms with Crippen molar-refractivity contribution in [1.82, 2.24) is 0 Å². The van der Waals surface area contributed by atoms with E-state index >= 15 is 0 Å². The molecule has 150 valence electrons. The van der Waals surface area contributed by atoms with Crippen LogP contribution in [0.25, 0.3) is 0 Å². The summed E-state index contributed by atoms with van der Waals surface area (Å²) < 4.78 is 31.8. The van der Waals surface area contributed by atoms with Gasteiger partial charge in [-0.25, -0.2) is 0 Å². The molecule has 0 aromatic heterocycles. The highest BCUT2D eigenvalue weighted by Crippen LogP contribution is 2.41. The Labute approximate surface area is 162 Å². The molecule has 2 heterocycles. The van der Waals surface area contributed by atoms with E-state index in [0.29, 0.717) is 66.5 Å². The Bertz CT molecular complexity index is 799. The minimum absolute atomic E-state index is 0.0347. The van der Waals surface area contributed by atoms with Crippen LogP contribution >= 0.6 is 0 Å². The van der Waals surface area contributed by atoms with Crippen LogP contribution in [0.2, 0.25) is 0 Å². The van der Waals surface area contributed by atoms with Gasteiger partial charge in [0.05, 0.1) is 20.8 Å². The lowest BCUT2D eigenvalue weighted by molar-refractivity contribution is 0.112. The van der Waals surface area contributed by atoms with E-state index in [1.165, 1.54) is 7.11 Å². The van der Waals surface area contributed by atoms with Crippen LogP contribution in [-0.4, -0.2) is 52.0 Å². The number of hydrogen-bond acceptors (Lipinski definition) is 8. The molecule has 0 fully saturated rings. The van der Waals surface area contributed by atoms with E-state index in [9.17, 15) is 4.79 Å². The molecule has 0 amide bonds. The van der Waals surface area contributed by atoms with Crippen molar-refractivity contribution in [3.63, 3.8) is 0 Å². The second kappa shape index (κ2) is 9.18. The standard InChI is InChI=1S/C10H12O4.C10H10O4/c2*1-12-8-4-7(6-11)5-9-10(8)14-3-2-13-9/h4-5,11H,2-3,6H2,1H3;4-6H,2-3H2,1H3. The molecule has 2 aromatic rings. The van der Waals surface area contributed by atoms with Crippen LogP contribution in [0.4, 0.5) is 0 Å². The van der Waals surface area contributed by atoms with Crippen molar-refractivity contribution in [3.8, 4) is 34.5 Å². The van der Waals surface area contributed by atoms with E-state index in [1.54, 1.807) is 31.4 Å². The number of hydrogen-bond donors (Lipinski definition) is 1. The molecule has 1 N–H and O–H groups in total. The summed E-state index contributed by atoms with van der Waals surface area (Å²) in [6.45, 7) is 2.03. The van der Waals surface area contributed by atoms with Crippen LogP contribution in [-0.2, 0) is 6.61 Å². The summed E-state index contributed by atoms with van der Waals surface area (Å²) in [4.78, 5) is 10.6. The lowest BCUT2D eigenvalue weighted by Gasteiger charge is -2.21. The average Bonchev–Trinajstić information content (AvgIpc) is 2.77. The Morgan fingerprint density at radius 3 is 1.93 bits per heavy atom. The van der Waals surface area contributed by atoms with E-state index in [2.05, 4.69) is 0 Å². The smallest absolute Gasteiger partial charge is 0.203 e. The van der Waals surface area contributed by atoms with Crippen molar-refractivity contribution in [2.45, 2.75) is 6.61 Å². The average molecular weight is 390 g/mol. The van der Waals surface area contributed by atoms with E-state index < -0.39 is 0 Å². The molecule has 28 heavy (non-hydrogen) atoms. The van der Waals surface area contributed by atoms with Gasteiger partial charge in [-0.1, -0.05) is 0 Å². The number of benzene rings is 2. The van der Waals surface area contributed by atoms with Gasteiger partial charge in [0.25, 0.3) is 0 Å². The first-order valence-electron chi connectivity index (χ1n) is 8.70. The predicted octanol–water partition coefficient (Wildman–Crippen LogP) is 2.24. The predicted molar refractivity (Wildman–Crippen MR) is 99.3 cm³/mol. The van der Waals surface area contributed by atoms with Gasteiger partial charge in [-0.05, 0) is 29.8 Å². The molecular weight excluding hydrogens is 368 g/mol. The fraction of sp³-hybridized carbons (Fsp3) is 0.350. The van der Waals surface area contributed by atoms with Crippen molar-refractivity contribution < 1.29 is 38.3 Å². The van der Waals surface area contributed by atoms with Crippen molar-refractivity contribution in [1.29, 1.82) is 0 Å². The van der Waals surface area contributed by atoms with Crippen molar-refractivity contribution >= 4 is 6.29 Å². The normalized spacial score (nSPS) is 13.7. The Kier molecular flexibility index (Phi) is 6.44. The molecule has 0 saturated carbocycles. The Hall–Kier alpha value is -3.13. The van der Waals surface area contributed by atoms with Gasteiger partial charge in [0, 0.05) is 5.56 Å². The summed E-state index contributed by atoms with van der Waals surface area (Å²) in [6, 6.07) is 6.77. The van der Waals surface area contributed by atoms with E-state index in [4.69, 9.17) is 33.5 Å². The summed E-state index contributed by atoms with van der Waals surface area (Å²) in [7, 11) is 3.09. The number of aliphatic hydroxyl groups is 1. The summed E-state index contributed by atoms with van der Waals surface area (Å²) in [5.41, 5.74) is 1.28. The molecule has 2 aliphatic rings. The van der Waals surface area contributed by atoms with Crippen molar-refractivity contribution in [2.24, 2.45) is 0 Å². The third-order valence-electron chi connectivity index (χ3n) is 4.06. The quantitative estimate of drug-likeness (QED) is 0.795. The van der Waals surface area contributed by atoms with Crippen LogP contribution in [0.1, 0.15) is 15.9 Å². The molecule has 0 unspecified atom stereocenters. The number of aldehydes is 1. The maximum Gasteiger partial charge on any atom is 0.203 e. The third-order valence-corrected chi connectivity index (χ3v) is 4.06. The zero-order valence-electron chi connectivity index (χ0n) is 15.7. The number of carbonyl (C=O) groups excluding carboxylic acids is 1. The number of rotatable bonds is 4. The minimum Gasteiger partial charge on any atom is -0.493 e. The van der Waals surface area contributed by atoms with Gasteiger partial charge in [-0.2, -0.15) is 0 Å². The van der Waals surface area contributed by atoms with Crippen molar-refractivity contribution in [2.75, 3.05) is 40.6 Å². The second-order valence-electron chi connectivity index (χ2n) is 5.85. The molecule has 0 bridgehead atoms. The maximum atomic E-state index is 10.6. The summed E-state index contributed by atoms with van der Waals surface area (Å²) in [6.07, 6.45) is 0.751. The molecule has 0 aliphatic carbocycles. The number of carbonyl (C=O) groups is 1. The number of ether oxygens (including phenoxy) is 6.